The van der Waals surface area contributed by atoms with Gasteiger partial charge < -0.3 is 16.2 Å². The molecule has 0 atom stereocenters. The molecule has 1 heterocycles. The van der Waals surface area contributed by atoms with E-state index in [1.807, 2.05) is 14.0 Å². The van der Waals surface area contributed by atoms with Crippen molar-refractivity contribution in [1.29, 1.82) is 0 Å². The largest absolute Gasteiger partial charge is 0.394 e. The Kier molecular flexibility index (Phi) is 2.56. The van der Waals surface area contributed by atoms with Crippen molar-refractivity contribution in [2.24, 2.45) is 7.05 Å². The van der Waals surface area contributed by atoms with Crippen LogP contribution in [0.1, 0.15) is 25.5 Å². The lowest BCUT2D eigenvalue weighted by Gasteiger charge is -2.32. The van der Waals surface area contributed by atoms with Crippen LogP contribution in [0.3, 0.4) is 0 Å². The van der Waals surface area contributed by atoms with Crippen LogP contribution in [-0.4, -0.2) is 27.0 Å². The molecule has 1 saturated carbocycles. The maximum absolute atomic E-state index is 9.19. The molecule has 4 N–H and O–H groups in total. The van der Waals surface area contributed by atoms with Crippen LogP contribution in [0.25, 0.3) is 0 Å². The van der Waals surface area contributed by atoms with E-state index < -0.39 is 0 Å². The summed E-state index contributed by atoms with van der Waals surface area (Å²) in [4.78, 5) is 0. The predicted octanol–water partition coefficient (Wildman–Crippen LogP) is 0.500. The molecule has 1 aliphatic rings. The number of nitrogen functional groups attached to an aromatic ring is 1. The lowest BCUT2D eigenvalue weighted by atomic mass is 9.89. The Morgan fingerprint density at radius 2 is 2.27 bits per heavy atom. The molecule has 1 aliphatic carbocycles. The first-order valence-electron chi connectivity index (χ1n) is 5.37. The Balaban J connectivity index is 2.10. The standard InChI is InChI=1S/C10H18N4O/c1-3-8-9(11)10(14(2)13-8)12-6-4-7(15)5-6/h6-7,12,15H,3-5,11H2,1-2H3. The fourth-order valence-electron chi connectivity index (χ4n) is 1.93. The third-order valence-corrected chi connectivity index (χ3v) is 2.95. The molecule has 0 aromatic carbocycles. The monoisotopic (exact) mass is 210 g/mol. The Morgan fingerprint density at radius 3 is 2.73 bits per heavy atom. The average molecular weight is 210 g/mol. The summed E-state index contributed by atoms with van der Waals surface area (Å²) in [6, 6.07) is 0.336. The second-order valence-electron chi connectivity index (χ2n) is 4.15. The first kappa shape index (κ1) is 10.3. The van der Waals surface area contributed by atoms with Crippen molar-refractivity contribution in [3.63, 3.8) is 0 Å². The summed E-state index contributed by atoms with van der Waals surface area (Å²) in [5.41, 5.74) is 7.64. The van der Waals surface area contributed by atoms with Crippen LogP contribution in [0.4, 0.5) is 11.5 Å². The number of anilines is 2. The van der Waals surface area contributed by atoms with E-state index in [1.54, 1.807) is 4.68 Å². The highest BCUT2D eigenvalue weighted by atomic mass is 16.3. The maximum Gasteiger partial charge on any atom is 0.148 e. The minimum Gasteiger partial charge on any atom is -0.394 e. The van der Waals surface area contributed by atoms with E-state index in [-0.39, 0.29) is 6.10 Å². The third-order valence-electron chi connectivity index (χ3n) is 2.95. The van der Waals surface area contributed by atoms with E-state index >= 15 is 0 Å². The Bertz CT molecular complexity index is 355. The molecule has 0 radical (unpaired) electrons. The summed E-state index contributed by atoms with van der Waals surface area (Å²) in [5, 5.41) is 16.8. The van der Waals surface area contributed by atoms with Gasteiger partial charge in [0, 0.05) is 13.1 Å². The van der Waals surface area contributed by atoms with Gasteiger partial charge in [-0.2, -0.15) is 5.10 Å². The van der Waals surface area contributed by atoms with Crippen LogP contribution in [0, 0.1) is 0 Å². The Labute approximate surface area is 89.3 Å². The average Bonchev–Trinajstić information content (AvgIpc) is 2.42. The maximum atomic E-state index is 9.19. The zero-order chi connectivity index (χ0) is 11.0. The van der Waals surface area contributed by atoms with Gasteiger partial charge in [0.1, 0.15) is 5.82 Å². The van der Waals surface area contributed by atoms with Gasteiger partial charge in [-0.25, -0.2) is 0 Å². The van der Waals surface area contributed by atoms with Crippen LogP contribution >= 0.6 is 0 Å². The Morgan fingerprint density at radius 1 is 1.60 bits per heavy atom. The molecule has 0 spiro atoms. The quantitative estimate of drug-likeness (QED) is 0.679. The van der Waals surface area contributed by atoms with Gasteiger partial charge in [-0.3, -0.25) is 4.68 Å². The minimum atomic E-state index is -0.150. The number of aromatic nitrogens is 2. The van der Waals surface area contributed by atoms with Crippen LogP contribution in [0.2, 0.25) is 0 Å². The van der Waals surface area contributed by atoms with E-state index in [2.05, 4.69) is 10.4 Å². The van der Waals surface area contributed by atoms with Crippen molar-refractivity contribution in [3.05, 3.63) is 5.69 Å². The van der Waals surface area contributed by atoms with Crippen molar-refractivity contribution in [1.82, 2.24) is 9.78 Å². The van der Waals surface area contributed by atoms with Gasteiger partial charge >= 0.3 is 0 Å². The van der Waals surface area contributed by atoms with Gasteiger partial charge in [0.25, 0.3) is 0 Å². The molecule has 0 unspecified atom stereocenters. The molecule has 0 amide bonds. The van der Waals surface area contributed by atoms with Crippen molar-refractivity contribution in [3.8, 4) is 0 Å². The number of nitrogens with zero attached hydrogens (tertiary/aromatic N) is 2. The van der Waals surface area contributed by atoms with Gasteiger partial charge in [0.15, 0.2) is 0 Å². The van der Waals surface area contributed by atoms with Crippen molar-refractivity contribution in [2.45, 2.75) is 38.3 Å². The van der Waals surface area contributed by atoms with Crippen LogP contribution in [0.15, 0.2) is 0 Å². The second kappa shape index (κ2) is 3.73. The number of aliphatic hydroxyl groups excluding tert-OH is 1. The molecular weight excluding hydrogens is 192 g/mol. The van der Waals surface area contributed by atoms with E-state index in [0.717, 1.165) is 36.5 Å². The third kappa shape index (κ3) is 1.79. The molecule has 1 aromatic rings. The zero-order valence-electron chi connectivity index (χ0n) is 9.20. The molecule has 15 heavy (non-hydrogen) atoms. The number of aliphatic hydroxyl groups is 1. The van der Waals surface area contributed by atoms with E-state index in [1.165, 1.54) is 0 Å². The summed E-state index contributed by atoms with van der Waals surface area (Å²) < 4.78 is 1.78. The smallest absolute Gasteiger partial charge is 0.148 e. The normalized spacial score (nSPS) is 25.0. The summed E-state index contributed by atoms with van der Waals surface area (Å²) >= 11 is 0. The molecule has 0 bridgehead atoms. The molecule has 0 aliphatic heterocycles. The van der Waals surface area contributed by atoms with E-state index in [4.69, 9.17) is 5.73 Å². The van der Waals surface area contributed by atoms with Gasteiger partial charge in [-0.1, -0.05) is 6.92 Å². The molecule has 5 heteroatoms. The number of rotatable bonds is 3. The van der Waals surface area contributed by atoms with Crippen molar-refractivity contribution < 1.29 is 5.11 Å². The van der Waals surface area contributed by atoms with E-state index in [9.17, 15) is 5.11 Å². The summed E-state index contributed by atoms with van der Waals surface area (Å²) in [5.74, 6) is 0.878. The lowest BCUT2D eigenvalue weighted by molar-refractivity contribution is 0.0834. The number of aryl methyl sites for hydroxylation is 2. The molecule has 84 valence electrons. The predicted molar refractivity (Wildman–Crippen MR) is 59.6 cm³/mol. The molecular formula is C10H18N4O. The van der Waals surface area contributed by atoms with Crippen LogP contribution in [-0.2, 0) is 13.5 Å². The topological polar surface area (TPSA) is 76.1 Å². The first-order valence-corrected chi connectivity index (χ1v) is 5.37. The van der Waals surface area contributed by atoms with Gasteiger partial charge in [0.05, 0.1) is 17.5 Å². The number of nitrogens with two attached hydrogens (primary N) is 1. The van der Waals surface area contributed by atoms with Gasteiger partial charge in [0.2, 0.25) is 0 Å². The molecule has 1 fully saturated rings. The molecule has 5 nitrogen and oxygen atoms in total. The molecule has 0 saturated heterocycles. The van der Waals surface area contributed by atoms with Gasteiger partial charge in [-0.05, 0) is 19.3 Å². The SMILES string of the molecule is CCc1nn(C)c(NC2CC(O)C2)c1N. The van der Waals surface area contributed by atoms with E-state index in [0.29, 0.717) is 6.04 Å². The Hall–Kier alpha value is -1.23. The summed E-state index contributed by atoms with van der Waals surface area (Å²) in [7, 11) is 1.88. The first-order chi connectivity index (χ1) is 7.11. The second-order valence-corrected chi connectivity index (χ2v) is 4.15. The number of hydrogen-bond donors (Lipinski definition) is 3. The van der Waals surface area contributed by atoms with Crippen molar-refractivity contribution in [2.75, 3.05) is 11.1 Å². The number of nitrogens with one attached hydrogen (secondary N) is 1. The summed E-state index contributed by atoms with van der Waals surface area (Å²) in [6.45, 7) is 2.04. The minimum absolute atomic E-state index is 0.150. The summed E-state index contributed by atoms with van der Waals surface area (Å²) in [6.07, 6.45) is 2.29. The fraction of sp³-hybridized carbons (Fsp3) is 0.700. The molecule has 1 aromatic heterocycles. The zero-order valence-corrected chi connectivity index (χ0v) is 9.20. The highest BCUT2D eigenvalue weighted by molar-refractivity contribution is 5.65. The fourth-order valence-corrected chi connectivity index (χ4v) is 1.93. The highest BCUT2D eigenvalue weighted by Gasteiger charge is 2.28. The van der Waals surface area contributed by atoms with Crippen molar-refractivity contribution >= 4 is 11.5 Å². The number of hydrogen-bond acceptors (Lipinski definition) is 4. The lowest BCUT2D eigenvalue weighted by Crippen LogP contribution is -2.39. The van der Waals surface area contributed by atoms with Gasteiger partial charge in [-0.15, -0.1) is 0 Å². The van der Waals surface area contributed by atoms with Crippen LogP contribution in [0.5, 0.6) is 0 Å². The van der Waals surface area contributed by atoms with Crippen LogP contribution < -0.4 is 11.1 Å². The highest BCUT2D eigenvalue weighted by Crippen LogP contribution is 2.28. The molecule has 2 rings (SSSR count).